The molecule has 0 unspecified atom stereocenters. The van der Waals surface area contributed by atoms with Crippen LogP contribution in [-0.4, -0.2) is 83.0 Å². The normalized spacial score (nSPS) is 20.1. The van der Waals surface area contributed by atoms with Crippen LogP contribution in [0.25, 0.3) is 0 Å². The van der Waals surface area contributed by atoms with E-state index in [1.807, 2.05) is 44.2 Å². The van der Waals surface area contributed by atoms with Crippen LogP contribution in [0.5, 0.6) is 5.75 Å². The molecule has 9 N–H and O–H groups in total. The van der Waals surface area contributed by atoms with E-state index in [-0.39, 0.29) is 36.8 Å². The van der Waals surface area contributed by atoms with Crippen LogP contribution < -0.4 is 32.3 Å². The minimum atomic E-state index is -0.995. The Kier molecular flexibility index (Phi) is 16.6. The lowest BCUT2D eigenvalue weighted by molar-refractivity contribution is -0.134. The second-order valence-electron chi connectivity index (χ2n) is 12.1. The maximum atomic E-state index is 13.4. The van der Waals surface area contributed by atoms with Gasteiger partial charge in [0, 0.05) is 19.9 Å². The SMILES string of the molecule is CC(=O)O.CC(C)C[C@H]1NC(=O)[C@H](Cc2ccccc2)NC(=O)CNC(=O)[C@H](NC(=O)[C@@H](N)Cc2ccc(O)cc2)CCCCNC1=O. The summed E-state index contributed by atoms with van der Waals surface area (Å²) in [5.41, 5.74) is 7.66. The van der Waals surface area contributed by atoms with Crippen LogP contribution >= 0.6 is 0 Å². The quantitative estimate of drug-likeness (QED) is 0.196. The maximum absolute atomic E-state index is 13.4. The highest BCUT2D eigenvalue weighted by Gasteiger charge is 2.29. The number of carbonyl (C=O) groups excluding carboxylic acids is 5. The standard InChI is InChI=1S/C32H44N6O6.C2H4O2/c1-20(2)16-26-31(43)34-15-7-6-10-25(37-29(41)24(33)17-22-11-13-23(39)14-12-22)30(42)35-19-28(40)36-27(32(44)38-26)18-21-8-4-3-5-9-21;1-2(3)4/h3-5,8-9,11-14,20,24-27,39H,6-7,10,15-19,33H2,1-2H3,(H,34,43)(H,35,42)(H,36,40)(H,37,41)(H,38,44);1H3,(H,3,4)/t24-,25+,26+,27-;/m0./s1. The summed E-state index contributed by atoms with van der Waals surface area (Å²) in [7, 11) is 0. The Labute approximate surface area is 280 Å². The number of hydrogen-bond acceptors (Lipinski definition) is 8. The zero-order valence-corrected chi connectivity index (χ0v) is 27.7. The largest absolute Gasteiger partial charge is 0.508 e. The highest BCUT2D eigenvalue weighted by Crippen LogP contribution is 2.12. The second-order valence-corrected chi connectivity index (χ2v) is 12.1. The number of nitrogens with two attached hydrogens (primary N) is 1. The minimum Gasteiger partial charge on any atom is -0.508 e. The minimum absolute atomic E-state index is 0.0946. The number of rotatable bonds is 8. The van der Waals surface area contributed by atoms with Gasteiger partial charge in [0.15, 0.2) is 0 Å². The van der Waals surface area contributed by atoms with Crippen molar-refractivity contribution in [3.05, 3.63) is 65.7 Å². The molecule has 1 aliphatic heterocycles. The van der Waals surface area contributed by atoms with Crippen LogP contribution in [0, 0.1) is 5.92 Å². The van der Waals surface area contributed by atoms with E-state index in [2.05, 4.69) is 26.6 Å². The fourth-order valence-electron chi connectivity index (χ4n) is 4.90. The molecule has 1 aliphatic rings. The van der Waals surface area contributed by atoms with Crippen molar-refractivity contribution in [2.45, 2.75) is 83.5 Å². The van der Waals surface area contributed by atoms with Gasteiger partial charge >= 0.3 is 0 Å². The first-order chi connectivity index (χ1) is 22.7. The van der Waals surface area contributed by atoms with Crippen molar-refractivity contribution in [3.63, 3.8) is 0 Å². The molecule has 0 aromatic heterocycles. The third-order valence-electron chi connectivity index (χ3n) is 7.28. The van der Waals surface area contributed by atoms with Gasteiger partial charge in [-0.1, -0.05) is 56.3 Å². The van der Waals surface area contributed by atoms with Crippen molar-refractivity contribution in [1.29, 1.82) is 0 Å². The molecule has 1 heterocycles. The fourth-order valence-corrected chi connectivity index (χ4v) is 4.90. The van der Waals surface area contributed by atoms with E-state index < -0.39 is 60.3 Å². The van der Waals surface area contributed by atoms with Gasteiger partial charge in [-0.3, -0.25) is 28.8 Å². The van der Waals surface area contributed by atoms with Crippen LogP contribution in [0.15, 0.2) is 54.6 Å². The Balaban J connectivity index is 0.00000189. The molecule has 4 atom stereocenters. The van der Waals surface area contributed by atoms with Crippen molar-refractivity contribution >= 4 is 35.5 Å². The van der Waals surface area contributed by atoms with Gasteiger partial charge in [0.05, 0.1) is 12.6 Å². The number of aliphatic carboxylic acids is 1. The number of phenolic OH excluding ortho intramolecular Hbond substituents is 1. The second kappa shape index (κ2) is 20.3. The average molecular weight is 669 g/mol. The van der Waals surface area contributed by atoms with E-state index in [1.54, 1.807) is 12.1 Å². The molecular weight excluding hydrogens is 620 g/mol. The molecule has 0 aliphatic carbocycles. The molecule has 14 heteroatoms. The van der Waals surface area contributed by atoms with Gasteiger partial charge < -0.3 is 42.5 Å². The summed E-state index contributed by atoms with van der Waals surface area (Å²) in [6.45, 7) is 4.89. The molecule has 0 radical (unpaired) electrons. The van der Waals surface area contributed by atoms with Gasteiger partial charge in [0.25, 0.3) is 5.97 Å². The van der Waals surface area contributed by atoms with Gasteiger partial charge in [-0.25, -0.2) is 0 Å². The third-order valence-corrected chi connectivity index (χ3v) is 7.28. The molecular formula is C34H48N6O8. The summed E-state index contributed by atoms with van der Waals surface area (Å²) in [6, 6.07) is 11.8. The highest BCUT2D eigenvalue weighted by molar-refractivity contribution is 5.94. The predicted molar refractivity (Wildman–Crippen MR) is 178 cm³/mol. The Morgan fingerprint density at radius 1 is 0.875 bits per heavy atom. The van der Waals surface area contributed by atoms with Crippen LogP contribution in [0.2, 0.25) is 0 Å². The topological polar surface area (TPSA) is 229 Å². The lowest BCUT2D eigenvalue weighted by atomic mass is 10.0. The first kappa shape index (κ1) is 39.2. The molecule has 3 rings (SSSR count). The molecule has 14 nitrogen and oxygen atoms in total. The van der Waals surface area contributed by atoms with Gasteiger partial charge in [-0.15, -0.1) is 0 Å². The molecule has 0 saturated carbocycles. The Hall–Kier alpha value is -4.98. The first-order valence-electron chi connectivity index (χ1n) is 16.0. The average Bonchev–Trinajstić information content (AvgIpc) is 3.02. The predicted octanol–water partition coefficient (Wildman–Crippen LogP) is 0.512. The van der Waals surface area contributed by atoms with E-state index >= 15 is 0 Å². The number of amides is 5. The number of hydrogen-bond donors (Lipinski definition) is 8. The van der Waals surface area contributed by atoms with E-state index in [9.17, 15) is 29.1 Å². The lowest BCUT2D eigenvalue weighted by Gasteiger charge is -2.25. The van der Waals surface area contributed by atoms with Gasteiger partial charge in [0.2, 0.25) is 29.5 Å². The van der Waals surface area contributed by atoms with E-state index in [1.165, 1.54) is 12.1 Å². The summed E-state index contributed by atoms with van der Waals surface area (Å²) in [5, 5.41) is 30.5. The zero-order chi connectivity index (χ0) is 35.6. The summed E-state index contributed by atoms with van der Waals surface area (Å²) < 4.78 is 0. The summed E-state index contributed by atoms with van der Waals surface area (Å²) >= 11 is 0. The van der Waals surface area contributed by atoms with Gasteiger partial charge in [-0.05, 0) is 61.3 Å². The molecule has 48 heavy (non-hydrogen) atoms. The highest BCUT2D eigenvalue weighted by atomic mass is 16.4. The van der Waals surface area contributed by atoms with Crippen molar-refractivity contribution in [2.75, 3.05) is 13.1 Å². The van der Waals surface area contributed by atoms with Crippen molar-refractivity contribution in [2.24, 2.45) is 11.7 Å². The summed E-state index contributed by atoms with van der Waals surface area (Å²) in [4.78, 5) is 74.4. The fraction of sp³-hybridized carbons (Fsp3) is 0.471. The van der Waals surface area contributed by atoms with E-state index in [0.29, 0.717) is 25.8 Å². The first-order valence-corrected chi connectivity index (χ1v) is 16.0. The van der Waals surface area contributed by atoms with Gasteiger partial charge in [0.1, 0.15) is 23.9 Å². The van der Waals surface area contributed by atoms with Gasteiger partial charge in [-0.2, -0.15) is 0 Å². The van der Waals surface area contributed by atoms with Crippen LogP contribution in [0.4, 0.5) is 0 Å². The summed E-state index contributed by atoms with van der Waals surface area (Å²) in [5.74, 6) is -3.15. The summed E-state index contributed by atoms with van der Waals surface area (Å²) in [6.07, 6.45) is 2.04. The molecule has 2 aromatic carbocycles. The molecule has 0 bridgehead atoms. The molecule has 1 fully saturated rings. The maximum Gasteiger partial charge on any atom is 0.300 e. The number of benzene rings is 2. The van der Waals surface area contributed by atoms with Crippen molar-refractivity contribution < 1.29 is 39.0 Å². The molecule has 0 spiro atoms. The van der Waals surface area contributed by atoms with Crippen molar-refractivity contribution in [1.82, 2.24) is 26.6 Å². The molecule has 2 aromatic rings. The van der Waals surface area contributed by atoms with Crippen molar-refractivity contribution in [3.8, 4) is 5.75 Å². The lowest BCUT2D eigenvalue weighted by Crippen LogP contribution is -2.57. The smallest absolute Gasteiger partial charge is 0.300 e. The number of nitrogens with one attached hydrogen (secondary N) is 5. The molecule has 1 saturated heterocycles. The molecule has 5 amide bonds. The van der Waals surface area contributed by atoms with Crippen LogP contribution in [0.3, 0.4) is 0 Å². The number of carboxylic acid groups (broad SMARTS) is 1. The van der Waals surface area contributed by atoms with E-state index in [0.717, 1.165) is 18.1 Å². The van der Waals surface area contributed by atoms with Crippen LogP contribution in [0.1, 0.15) is 57.6 Å². The number of carbonyl (C=O) groups is 6. The number of phenols is 1. The number of aromatic hydroxyl groups is 1. The van der Waals surface area contributed by atoms with Crippen LogP contribution in [-0.2, 0) is 41.6 Å². The van der Waals surface area contributed by atoms with E-state index in [4.69, 9.17) is 15.6 Å². The molecule has 262 valence electrons. The number of carboxylic acids is 1. The Bertz CT molecular complexity index is 1370. The Morgan fingerprint density at radius 2 is 1.52 bits per heavy atom. The Morgan fingerprint density at radius 3 is 2.15 bits per heavy atom. The zero-order valence-electron chi connectivity index (χ0n) is 27.7. The third kappa shape index (κ3) is 15.1. The monoisotopic (exact) mass is 668 g/mol.